The van der Waals surface area contributed by atoms with Crippen molar-refractivity contribution >= 4 is 5.97 Å². The Morgan fingerprint density at radius 2 is 1.72 bits per heavy atom. The number of unbranched alkanes of at least 4 members (excludes halogenated alkanes) is 5. The molecule has 0 bridgehead atoms. The number of rotatable bonds is 20. The quantitative estimate of drug-likeness (QED) is 0.129. The normalized spacial score (nSPS) is 17.9. The van der Waals surface area contributed by atoms with Crippen LogP contribution < -0.4 is 11.1 Å². The highest BCUT2D eigenvalue weighted by Crippen LogP contribution is 2.48. The lowest BCUT2D eigenvalue weighted by Gasteiger charge is -2.40. The number of benzene rings is 1. The van der Waals surface area contributed by atoms with Crippen molar-refractivity contribution in [1.29, 1.82) is 0 Å². The SMILES string of the molecule is CCCCCCC=CCCCC(CNC)C(CCN)C(CC(=O)O)CC1(c2ccccc2)CCCC1. The minimum atomic E-state index is -0.669. The van der Waals surface area contributed by atoms with Gasteiger partial charge < -0.3 is 16.2 Å². The van der Waals surface area contributed by atoms with Crippen molar-refractivity contribution in [2.45, 2.75) is 109 Å². The van der Waals surface area contributed by atoms with Gasteiger partial charge in [0.05, 0.1) is 0 Å². The highest BCUT2D eigenvalue weighted by molar-refractivity contribution is 5.67. The molecule has 1 fully saturated rings. The van der Waals surface area contributed by atoms with E-state index in [9.17, 15) is 9.90 Å². The first-order valence-electron chi connectivity index (χ1n) is 14.8. The Bertz CT molecular complexity index is 727. The summed E-state index contributed by atoms with van der Waals surface area (Å²) in [6.07, 6.45) is 21.5. The first-order chi connectivity index (χ1) is 17.6. The van der Waals surface area contributed by atoms with E-state index in [1.165, 1.54) is 63.4 Å². The summed E-state index contributed by atoms with van der Waals surface area (Å²) in [6.45, 7) is 3.81. The van der Waals surface area contributed by atoms with Crippen molar-refractivity contribution in [3.05, 3.63) is 48.0 Å². The smallest absolute Gasteiger partial charge is 0.303 e. The standard InChI is InChI=1S/C32H54N2O2/c1-3-4-5-6-7-8-9-10-12-17-27(26-34-2)30(20-23-33)28(24-31(35)36)25-32(21-15-16-22-32)29-18-13-11-14-19-29/h8-9,11,13-14,18-19,27-28,30,34H,3-7,10,12,15-17,20-26,33H2,1-2H3,(H,35,36). The van der Waals surface area contributed by atoms with Crippen LogP contribution in [0.15, 0.2) is 42.5 Å². The van der Waals surface area contributed by atoms with E-state index in [0.717, 1.165) is 38.6 Å². The zero-order valence-corrected chi connectivity index (χ0v) is 23.2. The maximum absolute atomic E-state index is 12.1. The molecule has 3 atom stereocenters. The molecule has 1 saturated carbocycles. The summed E-state index contributed by atoms with van der Waals surface area (Å²) in [7, 11) is 2.03. The molecule has 0 radical (unpaired) electrons. The monoisotopic (exact) mass is 498 g/mol. The second-order valence-corrected chi connectivity index (χ2v) is 11.2. The fourth-order valence-corrected chi connectivity index (χ4v) is 6.76. The van der Waals surface area contributed by atoms with Gasteiger partial charge in [-0.3, -0.25) is 4.79 Å². The Hall–Kier alpha value is -1.65. The Labute approximate surface area is 221 Å². The molecule has 1 aliphatic rings. The van der Waals surface area contributed by atoms with Crippen LogP contribution in [-0.4, -0.2) is 31.2 Å². The lowest BCUT2D eigenvalue weighted by atomic mass is 9.65. The maximum atomic E-state index is 12.1. The lowest BCUT2D eigenvalue weighted by molar-refractivity contribution is -0.139. The van der Waals surface area contributed by atoms with Gasteiger partial charge in [0, 0.05) is 6.42 Å². The minimum Gasteiger partial charge on any atom is -0.481 e. The number of carboxylic acids is 1. The topological polar surface area (TPSA) is 75.3 Å². The third-order valence-corrected chi connectivity index (χ3v) is 8.55. The summed E-state index contributed by atoms with van der Waals surface area (Å²) in [4.78, 5) is 12.1. The van der Waals surface area contributed by atoms with Gasteiger partial charge >= 0.3 is 5.97 Å². The van der Waals surface area contributed by atoms with E-state index in [4.69, 9.17) is 5.73 Å². The number of nitrogens with two attached hydrogens (primary N) is 1. The third-order valence-electron chi connectivity index (χ3n) is 8.55. The number of carbonyl (C=O) groups is 1. The van der Waals surface area contributed by atoms with Gasteiger partial charge in [0.2, 0.25) is 0 Å². The molecular formula is C32H54N2O2. The van der Waals surface area contributed by atoms with Crippen LogP contribution in [0.3, 0.4) is 0 Å². The van der Waals surface area contributed by atoms with Crippen LogP contribution in [0, 0.1) is 17.8 Å². The molecule has 1 aromatic carbocycles. The van der Waals surface area contributed by atoms with Crippen LogP contribution >= 0.6 is 0 Å². The van der Waals surface area contributed by atoms with Gasteiger partial charge in [-0.1, -0.05) is 81.5 Å². The summed E-state index contributed by atoms with van der Waals surface area (Å²) < 4.78 is 0. The van der Waals surface area contributed by atoms with E-state index in [1.807, 2.05) is 7.05 Å². The molecule has 1 aromatic rings. The van der Waals surface area contributed by atoms with Crippen molar-refractivity contribution in [2.75, 3.05) is 20.1 Å². The van der Waals surface area contributed by atoms with E-state index < -0.39 is 5.97 Å². The van der Waals surface area contributed by atoms with Crippen LogP contribution in [0.2, 0.25) is 0 Å². The molecule has 0 amide bonds. The number of hydrogen-bond acceptors (Lipinski definition) is 3. The number of carboxylic acid groups (broad SMARTS) is 1. The van der Waals surface area contributed by atoms with Crippen molar-refractivity contribution in [3.63, 3.8) is 0 Å². The molecule has 4 heteroatoms. The third kappa shape index (κ3) is 10.4. The van der Waals surface area contributed by atoms with Gasteiger partial charge in [0.1, 0.15) is 0 Å². The molecular weight excluding hydrogens is 444 g/mol. The minimum absolute atomic E-state index is 0.110. The van der Waals surface area contributed by atoms with Crippen LogP contribution in [0.5, 0.6) is 0 Å². The summed E-state index contributed by atoms with van der Waals surface area (Å²) in [6, 6.07) is 10.9. The van der Waals surface area contributed by atoms with Gasteiger partial charge in [-0.15, -0.1) is 0 Å². The molecule has 0 aromatic heterocycles. The number of hydrogen-bond donors (Lipinski definition) is 3. The molecule has 0 saturated heterocycles. The summed E-state index contributed by atoms with van der Waals surface area (Å²) in [5.41, 5.74) is 7.66. The lowest BCUT2D eigenvalue weighted by Crippen LogP contribution is -2.37. The number of aliphatic carboxylic acids is 1. The average molecular weight is 499 g/mol. The predicted octanol–water partition coefficient (Wildman–Crippen LogP) is 7.48. The van der Waals surface area contributed by atoms with Crippen molar-refractivity contribution < 1.29 is 9.90 Å². The van der Waals surface area contributed by atoms with E-state index in [1.54, 1.807) is 0 Å². The second-order valence-electron chi connectivity index (χ2n) is 11.2. The molecule has 204 valence electrons. The van der Waals surface area contributed by atoms with Gasteiger partial charge in [-0.2, -0.15) is 0 Å². The van der Waals surface area contributed by atoms with Gasteiger partial charge in [-0.25, -0.2) is 0 Å². The Morgan fingerprint density at radius 1 is 1.03 bits per heavy atom. The number of nitrogens with one attached hydrogen (secondary N) is 1. The molecule has 0 aliphatic heterocycles. The molecule has 2 rings (SSSR count). The summed E-state index contributed by atoms with van der Waals surface area (Å²) >= 11 is 0. The van der Waals surface area contributed by atoms with Gasteiger partial charge in [0.15, 0.2) is 0 Å². The summed E-state index contributed by atoms with van der Waals surface area (Å²) in [5, 5.41) is 13.4. The Balaban J connectivity index is 2.11. The molecule has 1 aliphatic carbocycles. The fraction of sp³-hybridized carbons (Fsp3) is 0.719. The highest BCUT2D eigenvalue weighted by atomic mass is 16.4. The Morgan fingerprint density at radius 3 is 2.33 bits per heavy atom. The van der Waals surface area contributed by atoms with E-state index in [-0.39, 0.29) is 17.8 Å². The first kappa shape index (κ1) is 30.6. The first-order valence-corrected chi connectivity index (χ1v) is 14.8. The van der Waals surface area contributed by atoms with Gasteiger partial charge in [-0.05, 0) is 107 Å². The maximum Gasteiger partial charge on any atom is 0.303 e. The molecule has 3 unspecified atom stereocenters. The average Bonchev–Trinajstić information content (AvgIpc) is 3.35. The van der Waals surface area contributed by atoms with Crippen LogP contribution in [0.25, 0.3) is 0 Å². The van der Waals surface area contributed by atoms with Crippen LogP contribution in [0.1, 0.15) is 109 Å². The van der Waals surface area contributed by atoms with Crippen LogP contribution in [-0.2, 0) is 10.2 Å². The van der Waals surface area contributed by atoms with Crippen molar-refractivity contribution in [1.82, 2.24) is 5.32 Å². The molecule has 0 heterocycles. The molecule has 4 N–H and O–H groups in total. The predicted molar refractivity (Wildman–Crippen MR) is 153 cm³/mol. The van der Waals surface area contributed by atoms with E-state index in [2.05, 4.69) is 54.7 Å². The van der Waals surface area contributed by atoms with Gasteiger partial charge in [0.25, 0.3) is 0 Å². The molecule has 4 nitrogen and oxygen atoms in total. The largest absolute Gasteiger partial charge is 0.481 e. The van der Waals surface area contributed by atoms with E-state index in [0.29, 0.717) is 18.4 Å². The fourth-order valence-electron chi connectivity index (χ4n) is 6.76. The summed E-state index contributed by atoms with van der Waals surface area (Å²) in [5.74, 6) is 0.266. The van der Waals surface area contributed by atoms with E-state index >= 15 is 0 Å². The highest BCUT2D eigenvalue weighted by Gasteiger charge is 2.41. The Kier molecular flexibility index (Phi) is 15.1. The number of allylic oxidation sites excluding steroid dienone is 2. The van der Waals surface area contributed by atoms with Crippen LogP contribution in [0.4, 0.5) is 0 Å². The van der Waals surface area contributed by atoms with Crippen molar-refractivity contribution in [3.8, 4) is 0 Å². The van der Waals surface area contributed by atoms with Crippen molar-refractivity contribution in [2.24, 2.45) is 23.5 Å². The molecule has 0 spiro atoms. The molecule has 36 heavy (non-hydrogen) atoms. The second kappa shape index (κ2) is 17.7. The zero-order chi connectivity index (χ0) is 26.1. The zero-order valence-electron chi connectivity index (χ0n) is 23.2.